The molecule has 41 heavy (non-hydrogen) atoms. The van der Waals surface area contributed by atoms with Crippen LogP contribution in [-0.2, 0) is 24.6 Å². The fourth-order valence-electron chi connectivity index (χ4n) is 6.58. The Bertz CT molecular complexity index is 1710. The van der Waals surface area contributed by atoms with Crippen molar-refractivity contribution in [3.8, 4) is 0 Å². The van der Waals surface area contributed by atoms with Crippen molar-refractivity contribution in [2.24, 2.45) is 0 Å². The molecule has 7 heteroatoms. The maximum atomic E-state index is 14.9. The van der Waals surface area contributed by atoms with Crippen LogP contribution in [0.1, 0.15) is 33.4 Å². The second kappa shape index (κ2) is 11.4. The summed E-state index contributed by atoms with van der Waals surface area (Å²) < 4.78 is 72.1. The average Bonchev–Trinajstić information content (AvgIpc) is 2.91. The molecule has 0 nitrogen and oxygen atoms in total. The summed E-state index contributed by atoms with van der Waals surface area (Å²) in [6, 6.07) is 20.1. The molecule has 0 atom stereocenters. The van der Waals surface area contributed by atoms with Crippen molar-refractivity contribution < 1.29 is 46.5 Å². The Morgan fingerprint density at radius 1 is 0.537 bits per heavy atom. The Morgan fingerprint density at radius 3 is 1.41 bits per heavy atom. The van der Waals surface area contributed by atoms with Gasteiger partial charge in [0.15, 0.2) is 0 Å². The van der Waals surface area contributed by atoms with Gasteiger partial charge in [0.25, 0.3) is 0 Å². The summed E-state index contributed by atoms with van der Waals surface area (Å²) in [4.78, 5) is 0. The molecule has 0 saturated carbocycles. The molecule has 0 radical (unpaired) electrons. The molecular weight excluding hydrogens is 715 g/mol. The second-order valence-electron chi connectivity index (χ2n) is 11.1. The van der Waals surface area contributed by atoms with Crippen LogP contribution in [0.2, 0.25) is 0 Å². The van der Waals surface area contributed by atoms with Gasteiger partial charge in [-0.25, -0.2) is 0 Å². The maximum absolute atomic E-state index is 14.9. The Morgan fingerprint density at radius 2 is 0.951 bits per heavy atom. The van der Waals surface area contributed by atoms with Gasteiger partial charge in [0.1, 0.15) is 0 Å². The molecule has 0 aliphatic heterocycles. The summed E-state index contributed by atoms with van der Waals surface area (Å²) in [7, 11) is 0. The van der Waals surface area contributed by atoms with Crippen LogP contribution in [0.25, 0.3) is 10.8 Å². The minimum atomic E-state index is -3.14. The van der Waals surface area contributed by atoms with Crippen LogP contribution in [0.3, 0.4) is 0 Å². The molecule has 5 rings (SSSR count). The van der Waals surface area contributed by atoms with Gasteiger partial charge in [-0.05, 0) is 0 Å². The molecule has 5 aromatic rings. The standard InChI is InChI=1S/C28H28B.C6F5.Hg/c1-18-14-20(3)27(21(4)15-18)29(28-22(5)16-19(2)17-23(28)6)26-13-9-11-24-10-7-8-12-25(24)26;7-2-1-3(8)5(10)6(11)4(2)9;/h7-11,13-17H,1-6H3;;. The van der Waals surface area contributed by atoms with Gasteiger partial charge in [0.05, 0.1) is 0 Å². The van der Waals surface area contributed by atoms with E-state index in [1.165, 1.54) is 0 Å². The zero-order chi connectivity index (χ0) is 29.7. The van der Waals surface area contributed by atoms with E-state index in [0.29, 0.717) is 3.07 Å². The number of hydrogen-bond donors (Lipinski definition) is 0. The van der Waals surface area contributed by atoms with Crippen LogP contribution in [-0.4, -0.2) is 6.71 Å². The summed E-state index contributed by atoms with van der Waals surface area (Å²) in [6.07, 6.45) is 0. The predicted octanol–water partition coefficient (Wildman–Crippen LogP) is 5.94. The van der Waals surface area contributed by atoms with Crippen molar-refractivity contribution >= 4 is 40.0 Å². The molecule has 5 aromatic carbocycles. The second-order valence-corrected chi connectivity index (χ2v) is 18.2. The molecule has 0 aliphatic rings. The van der Waals surface area contributed by atoms with E-state index in [1.54, 1.807) is 12.1 Å². The first kappa shape index (κ1) is 29.5. The average molecular weight is 743 g/mol. The van der Waals surface area contributed by atoms with Crippen LogP contribution < -0.4 is 22.5 Å². The first-order valence-electron chi connectivity index (χ1n) is 13.6. The molecule has 0 unspecified atom stereocenters. The van der Waals surface area contributed by atoms with Crippen molar-refractivity contribution in [1.29, 1.82) is 0 Å². The number of hydrogen-bond acceptors (Lipinski definition) is 0. The third-order valence-electron chi connectivity index (χ3n) is 8.06. The Kier molecular flexibility index (Phi) is 8.17. The van der Waals surface area contributed by atoms with Crippen molar-refractivity contribution in [3.05, 3.63) is 123 Å². The molecule has 0 saturated heterocycles. The Balaban J connectivity index is 1.86. The van der Waals surface area contributed by atoms with Gasteiger partial charge in [0, 0.05) is 0 Å². The van der Waals surface area contributed by atoms with Crippen molar-refractivity contribution in [1.82, 2.24) is 0 Å². The normalized spacial score (nSPS) is 11.2. The SMILES string of the molecule is Cc1cc(C)c(B(c2c(C)cc(C)cc2C)c2cccc3ccc[c]([Hg][c]4c(F)c(F)c(F)c(F)c4F)c23)c(C)c1. The summed E-state index contributed by atoms with van der Waals surface area (Å²) in [5.74, 6) is -9.29. The first-order chi connectivity index (χ1) is 19.4. The third-order valence-corrected chi connectivity index (χ3v) is 15.6. The molecule has 204 valence electrons. The predicted molar refractivity (Wildman–Crippen MR) is 155 cm³/mol. The fraction of sp³-hybridized carbons (Fsp3) is 0.176. The fourth-order valence-corrected chi connectivity index (χ4v) is 13.7. The number of halogens is 5. The van der Waals surface area contributed by atoms with Crippen LogP contribution in [0.4, 0.5) is 22.0 Å². The molecule has 0 aromatic heterocycles. The minimum absolute atomic E-state index is 0.203. The number of benzene rings is 5. The Hall–Kier alpha value is -2.99. The van der Waals surface area contributed by atoms with E-state index in [2.05, 4.69) is 65.8 Å². The third kappa shape index (κ3) is 5.24. The number of fused-ring (bicyclic) bond motifs is 1. The zero-order valence-corrected chi connectivity index (χ0v) is 29.4. The van der Waals surface area contributed by atoms with Crippen LogP contribution >= 0.6 is 0 Å². The van der Waals surface area contributed by atoms with Crippen molar-refractivity contribution in [3.63, 3.8) is 0 Å². The molecule has 0 heterocycles. The molecule has 0 amide bonds. The first-order valence-corrected chi connectivity index (χ1v) is 19.1. The number of aryl methyl sites for hydroxylation is 6. The van der Waals surface area contributed by atoms with Gasteiger partial charge in [0.2, 0.25) is 0 Å². The molecule has 0 aliphatic carbocycles. The van der Waals surface area contributed by atoms with E-state index >= 15 is 0 Å². The van der Waals surface area contributed by atoms with Crippen molar-refractivity contribution in [2.75, 3.05) is 0 Å². The summed E-state index contributed by atoms with van der Waals surface area (Å²) in [5, 5.41) is 1.71. The molecule has 0 bridgehead atoms. The zero-order valence-electron chi connectivity index (χ0n) is 23.9. The summed E-state index contributed by atoms with van der Waals surface area (Å²) in [5.41, 5.74) is 10.1. The van der Waals surface area contributed by atoms with Gasteiger partial charge in [-0.2, -0.15) is 0 Å². The van der Waals surface area contributed by atoms with E-state index in [1.807, 2.05) is 24.3 Å². The van der Waals surface area contributed by atoms with Gasteiger partial charge in [-0.1, -0.05) is 0 Å². The van der Waals surface area contributed by atoms with E-state index in [0.717, 1.165) is 60.5 Å². The summed E-state index contributed by atoms with van der Waals surface area (Å²) >= 11 is -3.14. The van der Waals surface area contributed by atoms with E-state index in [4.69, 9.17) is 0 Å². The van der Waals surface area contributed by atoms with E-state index in [9.17, 15) is 22.0 Å². The monoisotopic (exact) mass is 744 g/mol. The van der Waals surface area contributed by atoms with Crippen LogP contribution in [0, 0.1) is 70.6 Å². The molecule has 0 spiro atoms. The summed E-state index contributed by atoms with van der Waals surface area (Å²) in [6.45, 7) is 12.3. The molecule has 0 N–H and O–H groups in total. The van der Waals surface area contributed by atoms with E-state index < -0.39 is 56.7 Å². The van der Waals surface area contributed by atoms with Crippen LogP contribution in [0.15, 0.2) is 60.7 Å². The molecule has 0 fully saturated rings. The van der Waals surface area contributed by atoms with Crippen LogP contribution in [0.5, 0.6) is 0 Å². The Labute approximate surface area is 250 Å². The van der Waals surface area contributed by atoms with Crippen molar-refractivity contribution in [2.45, 2.75) is 41.5 Å². The van der Waals surface area contributed by atoms with E-state index in [-0.39, 0.29) is 6.71 Å². The quantitative estimate of drug-likeness (QED) is 0.0907. The molecular formula is C34H28BF5Hg. The van der Waals surface area contributed by atoms with Gasteiger partial charge in [-0.3, -0.25) is 0 Å². The van der Waals surface area contributed by atoms with Gasteiger partial charge < -0.3 is 0 Å². The van der Waals surface area contributed by atoms with Gasteiger partial charge in [-0.15, -0.1) is 0 Å². The topological polar surface area (TPSA) is 0 Å². The number of rotatable bonds is 5. The van der Waals surface area contributed by atoms with Gasteiger partial charge >= 0.3 is 251 Å².